The van der Waals surface area contributed by atoms with Crippen molar-refractivity contribution in [3.63, 3.8) is 0 Å². The first-order valence-corrected chi connectivity index (χ1v) is 6.16. The minimum atomic E-state index is -0.454. The number of halogens is 1. The topological polar surface area (TPSA) is 23.5 Å². The largest absolute Gasteiger partial charge is 0.389 e. The van der Waals surface area contributed by atoms with Crippen molar-refractivity contribution in [2.75, 3.05) is 25.0 Å². The van der Waals surface area contributed by atoms with Gasteiger partial charge in [-0.1, -0.05) is 22.9 Å². The lowest BCUT2D eigenvalue weighted by atomic mass is 9.94. The van der Waals surface area contributed by atoms with E-state index >= 15 is 0 Å². The van der Waals surface area contributed by atoms with Gasteiger partial charge in [-0.15, -0.1) is 0 Å². The summed E-state index contributed by atoms with van der Waals surface area (Å²) in [6, 6.07) is 0. The minimum Gasteiger partial charge on any atom is -0.389 e. The second-order valence-corrected chi connectivity index (χ2v) is 5.24. The van der Waals surface area contributed by atoms with Crippen LogP contribution in [0.2, 0.25) is 0 Å². The number of alkyl halides is 1. The molecular weight excluding hydrogens is 230 g/mol. The Kier molecular flexibility index (Phi) is 4.20. The van der Waals surface area contributed by atoms with Crippen LogP contribution in [0.15, 0.2) is 0 Å². The van der Waals surface area contributed by atoms with Gasteiger partial charge in [-0.2, -0.15) is 0 Å². The molecule has 0 amide bonds. The smallest absolute Gasteiger partial charge is 0.0746 e. The second-order valence-electron chi connectivity index (χ2n) is 4.60. The lowest BCUT2D eigenvalue weighted by molar-refractivity contribution is -0.0183. The van der Waals surface area contributed by atoms with E-state index in [2.05, 4.69) is 27.8 Å². The zero-order valence-corrected chi connectivity index (χ0v) is 10.2. The Morgan fingerprint density at radius 1 is 1.62 bits per heavy atom. The van der Waals surface area contributed by atoms with Gasteiger partial charge in [0.05, 0.1) is 5.60 Å². The predicted octanol–water partition coefficient (Wildman–Crippen LogP) is 1.86. The molecule has 13 heavy (non-hydrogen) atoms. The summed E-state index contributed by atoms with van der Waals surface area (Å²) in [5, 5.41) is 10.9. The van der Waals surface area contributed by atoms with Gasteiger partial charge in [0.25, 0.3) is 0 Å². The van der Waals surface area contributed by atoms with Crippen LogP contribution in [0.25, 0.3) is 0 Å². The van der Waals surface area contributed by atoms with E-state index < -0.39 is 5.60 Å². The number of likely N-dealkylation sites (tertiary alicyclic amines) is 1. The zero-order valence-electron chi connectivity index (χ0n) is 8.59. The maximum Gasteiger partial charge on any atom is 0.0746 e. The first-order chi connectivity index (χ1) is 6.03. The minimum absolute atomic E-state index is 0.454. The first kappa shape index (κ1) is 11.5. The average Bonchev–Trinajstić information content (AvgIpc) is 2.02. The van der Waals surface area contributed by atoms with Crippen LogP contribution >= 0.6 is 15.9 Å². The predicted molar refractivity (Wildman–Crippen MR) is 59.3 cm³/mol. The SMILES string of the molecule is CC(CBr)CN1CCCC(C)(O)C1. The summed E-state index contributed by atoms with van der Waals surface area (Å²) in [4.78, 5) is 2.37. The standard InChI is InChI=1S/C10H20BrNO/c1-9(6-11)7-12-5-3-4-10(2,13)8-12/h9,13H,3-8H2,1-2H3. The van der Waals surface area contributed by atoms with Gasteiger partial charge in [0, 0.05) is 18.4 Å². The summed E-state index contributed by atoms with van der Waals surface area (Å²) in [6.07, 6.45) is 2.08. The highest BCUT2D eigenvalue weighted by atomic mass is 79.9. The van der Waals surface area contributed by atoms with E-state index in [0.717, 1.165) is 37.8 Å². The van der Waals surface area contributed by atoms with E-state index in [1.165, 1.54) is 0 Å². The van der Waals surface area contributed by atoms with Crippen LogP contribution < -0.4 is 0 Å². The third kappa shape index (κ3) is 3.96. The highest BCUT2D eigenvalue weighted by molar-refractivity contribution is 9.09. The molecule has 1 fully saturated rings. The zero-order chi connectivity index (χ0) is 9.90. The Bertz CT molecular complexity index is 161. The lowest BCUT2D eigenvalue weighted by Gasteiger charge is -2.37. The molecule has 0 bridgehead atoms. The Labute approximate surface area is 89.4 Å². The van der Waals surface area contributed by atoms with Crippen molar-refractivity contribution in [1.82, 2.24) is 4.90 Å². The fraction of sp³-hybridized carbons (Fsp3) is 1.00. The molecule has 2 nitrogen and oxygen atoms in total. The Morgan fingerprint density at radius 2 is 2.31 bits per heavy atom. The van der Waals surface area contributed by atoms with Crippen molar-refractivity contribution in [2.24, 2.45) is 5.92 Å². The van der Waals surface area contributed by atoms with Gasteiger partial charge in [0.15, 0.2) is 0 Å². The molecule has 1 heterocycles. The van der Waals surface area contributed by atoms with Gasteiger partial charge in [0.2, 0.25) is 0 Å². The third-order valence-corrected chi connectivity index (χ3v) is 3.69. The lowest BCUT2D eigenvalue weighted by Crippen LogP contribution is -2.47. The van der Waals surface area contributed by atoms with E-state index in [-0.39, 0.29) is 0 Å². The number of hydrogen-bond donors (Lipinski definition) is 1. The van der Waals surface area contributed by atoms with Crippen molar-refractivity contribution in [3.8, 4) is 0 Å². The van der Waals surface area contributed by atoms with Gasteiger partial charge in [-0.3, -0.25) is 0 Å². The van der Waals surface area contributed by atoms with Crippen LogP contribution in [0.4, 0.5) is 0 Å². The molecule has 1 saturated heterocycles. The van der Waals surface area contributed by atoms with Gasteiger partial charge in [-0.25, -0.2) is 0 Å². The summed E-state index contributed by atoms with van der Waals surface area (Å²) in [7, 11) is 0. The van der Waals surface area contributed by atoms with Crippen LogP contribution in [0, 0.1) is 5.92 Å². The molecule has 0 saturated carbocycles. The molecule has 0 aromatic rings. The van der Waals surface area contributed by atoms with Crippen molar-refractivity contribution in [3.05, 3.63) is 0 Å². The van der Waals surface area contributed by atoms with Crippen LogP contribution in [0.5, 0.6) is 0 Å². The molecule has 2 atom stereocenters. The second kappa shape index (κ2) is 4.76. The highest BCUT2D eigenvalue weighted by Crippen LogP contribution is 2.21. The van der Waals surface area contributed by atoms with E-state index in [4.69, 9.17) is 0 Å². The molecule has 0 aromatic heterocycles. The van der Waals surface area contributed by atoms with Gasteiger partial charge >= 0.3 is 0 Å². The van der Waals surface area contributed by atoms with Gasteiger partial charge in [0.1, 0.15) is 0 Å². The number of hydrogen-bond acceptors (Lipinski definition) is 2. The first-order valence-electron chi connectivity index (χ1n) is 5.04. The Balaban J connectivity index is 2.34. The molecular formula is C10H20BrNO. The van der Waals surface area contributed by atoms with E-state index in [9.17, 15) is 5.11 Å². The summed E-state index contributed by atoms with van der Waals surface area (Å²) in [6.45, 7) is 7.26. The molecule has 0 aliphatic carbocycles. The molecule has 78 valence electrons. The third-order valence-electron chi connectivity index (χ3n) is 2.59. The van der Waals surface area contributed by atoms with Crippen molar-refractivity contribution < 1.29 is 5.11 Å². The number of aliphatic hydroxyl groups is 1. The molecule has 1 aliphatic rings. The van der Waals surface area contributed by atoms with E-state index in [1.54, 1.807) is 0 Å². The van der Waals surface area contributed by atoms with Crippen molar-refractivity contribution >= 4 is 15.9 Å². The monoisotopic (exact) mass is 249 g/mol. The van der Waals surface area contributed by atoms with Gasteiger partial charge in [-0.05, 0) is 32.2 Å². The number of nitrogens with zero attached hydrogens (tertiary/aromatic N) is 1. The number of rotatable bonds is 3. The molecule has 3 heteroatoms. The molecule has 0 aromatic carbocycles. The Morgan fingerprint density at radius 3 is 2.85 bits per heavy atom. The molecule has 1 N–H and O–H groups in total. The van der Waals surface area contributed by atoms with Crippen LogP contribution in [-0.2, 0) is 0 Å². The summed E-state index contributed by atoms with van der Waals surface area (Å²) in [5.74, 6) is 0.675. The summed E-state index contributed by atoms with van der Waals surface area (Å²) in [5.41, 5.74) is -0.454. The molecule has 2 unspecified atom stereocenters. The van der Waals surface area contributed by atoms with Crippen LogP contribution in [0.1, 0.15) is 26.7 Å². The quantitative estimate of drug-likeness (QED) is 0.773. The van der Waals surface area contributed by atoms with Gasteiger partial charge < -0.3 is 10.0 Å². The molecule has 1 rings (SSSR count). The van der Waals surface area contributed by atoms with Crippen LogP contribution in [0.3, 0.4) is 0 Å². The fourth-order valence-electron chi connectivity index (χ4n) is 1.97. The fourth-order valence-corrected chi connectivity index (χ4v) is 2.17. The van der Waals surface area contributed by atoms with Crippen molar-refractivity contribution in [1.29, 1.82) is 0 Å². The van der Waals surface area contributed by atoms with Crippen LogP contribution in [-0.4, -0.2) is 40.6 Å². The normalized spacial score (nSPS) is 33.2. The Hall–Kier alpha value is 0.400. The highest BCUT2D eigenvalue weighted by Gasteiger charge is 2.28. The number of piperidine rings is 1. The average molecular weight is 250 g/mol. The summed E-state index contributed by atoms with van der Waals surface area (Å²) >= 11 is 3.48. The maximum absolute atomic E-state index is 9.88. The summed E-state index contributed by atoms with van der Waals surface area (Å²) < 4.78 is 0. The van der Waals surface area contributed by atoms with E-state index in [0.29, 0.717) is 5.92 Å². The maximum atomic E-state index is 9.88. The molecule has 1 aliphatic heterocycles. The molecule has 0 radical (unpaired) electrons. The molecule has 0 spiro atoms. The van der Waals surface area contributed by atoms with Crippen molar-refractivity contribution in [2.45, 2.75) is 32.3 Å². The number of β-amino-alcohol motifs (C(OH)–C–C–N with tert-alkyl or cyclic N) is 1. The van der Waals surface area contributed by atoms with E-state index in [1.807, 2.05) is 6.92 Å².